The molecule has 1 saturated heterocycles. The molecule has 2 aromatic carbocycles. The molecular formula is C22H22N2O3S. The number of thioether (sulfide) groups is 1. The lowest BCUT2D eigenvalue weighted by Gasteiger charge is -2.12. The first-order valence-corrected chi connectivity index (χ1v) is 9.75. The number of carbonyl (C=O) groups is 1. The van der Waals surface area contributed by atoms with Gasteiger partial charge in [-0.2, -0.15) is 0 Å². The monoisotopic (exact) mass is 394 g/mol. The summed E-state index contributed by atoms with van der Waals surface area (Å²) in [6.07, 6.45) is 4.02. The maximum atomic E-state index is 12.8. The van der Waals surface area contributed by atoms with Crippen LogP contribution >= 0.6 is 11.8 Å². The molecular weight excluding hydrogens is 372 g/mol. The molecule has 0 spiro atoms. The van der Waals surface area contributed by atoms with E-state index in [-0.39, 0.29) is 11.7 Å². The van der Waals surface area contributed by atoms with Crippen LogP contribution in [0, 0.1) is 0 Å². The molecule has 1 heterocycles. The van der Waals surface area contributed by atoms with Crippen LogP contribution in [0.1, 0.15) is 18.1 Å². The summed E-state index contributed by atoms with van der Waals surface area (Å²) in [7, 11) is 1.50. The molecule has 1 N–H and O–H groups in total. The largest absolute Gasteiger partial charge is 0.504 e. The van der Waals surface area contributed by atoms with Crippen LogP contribution in [0.5, 0.6) is 11.5 Å². The van der Waals surface area contributed by atoms with E-state index in [2.05, 4.69) is 11.6 Å². The van der Waals surface area contributed by atoms with Crippen molar-refractivity contribution in [1.82, 2.24) is 4.90 Å². The lowest BCUT2D eigenvalue weighted by molar-refractivity contribution is -0.122. The summed E-state index contributed by atoms with van der Waals surface area (Å²) in [4.78, 5) is 19.7. The molecule has 1 amide bonds. The zero-order valence-corrected chi connectivity index (χ0v) is 16.7. The predicted molar refractivity (Wildman–Crippen MR) is 115 cm³/mol. The average molecular weight is 394 g/mol. The topological polar surface area (TPSA) is 62.1 Å². The summed E-state index contributed by atoms with van der Waals surface area (Å²) in [6.45, 7) is 6.18. The molecule has 6 heteroatoms. The first-order valence-electron chi connectivity index (χ1n) is 8.93. The van der Waals surface area contributed by atoms with Crippen molar-refractivity contribution < 1.29 is 14.6 Å². The number of para-hydroxylation sites is 1. The highest BCUT2D eigenvalue weighted by Gasteiger charge is 2.32. The van der Waals surface area contributed by atoms with E-state index in [9.17, 15) is 9.90 Å². The van der Waals surface area contributed by atoms with E-state index >= 15 is 0 Å². The third kappa shape index (κ3) is 4.12. The van der Waals surface area contributed by atoms with E-state index in [0.717, 1.165) is 11.3 Å². The van der Waals surface area contributed by atoms with Gasteiger partial charge in [-0.25, -0.2) is 4.99 Å². The van der Waals surface area contributed by atoms with Gasteiger partial charge in [0.25, 0.3) is 5.91 Å². The number of hydrogen-bond donors (Lipinski definition) is 1. The molecule has 1 aliphatic rings. The SMILES string of the molecule is C=CCc1cc(/C=C2\SC(=Nc3ccccc3)N(CC)C2=O)cc(OC)c1O. The first-order chi connectivity index (χ1) is 13.6. The van der Waals surface area contributed by atoms with E-state index in [1.807, 2.05) is 43.3 Å². The number of aliphatic imine (C=N–C) groups is 1. The summed E-state index contributed by atoms with van der Waals surface area (Å²) in [5, 5.41) is 10.9. The molecule has 28 heavy (non-hydrogen) atoms. The van der Waals surface area contributed by atoms with E-state index in [1.165, 1.54) is 18.9 Å². The molecule has 0 aromatic heterocycles. The highest BCUT2D eigenvalue weighted by atomic mass is 32.2. The number of likely N-dealkylation sites (N-methyl/N-ethyl adjacent to an activating group) is 1. The Bertz CT molecular complexity index is 952. The number of nitrogens with zero attached hydrogens (tertiary/aromatic N) is 2. The van der Waals surface area contributed by atoms with Crippen molar-refractivity contribution in [3.63, 3.8) is 0 Å². The number of ether oxygens (including phenoxy) is 1. The Morgan fingerprint density at radius 1 is 1.29 bits per heavy atom. The van der Waals surface area contributed by atoms with Crippen molar-refractivity contribution in [2.24, 2.45) is 4.99 Å². The molecule has 0 unspecified atom stereocenters. The lowest BCUT2D eigenvalue weighted by atomic mass is 10.1. The van der Waals surface area contributed by atoms with Gasteiger partial charge >= 0.3 is 0 Å². The Morgan fingerprint density at radius 3 is 2.68 bits per heavy atom. The van der Waals surface area contributed by atoms with Crippen molar-refractivity contribution in [2.75, 3.05) is 13.7 Å². The Kier molecular flexibility index (Phi) is 6.21. The maximum absolute atomic E-state index is 12.8. The quantitative estimate of drug-likeness (QED) is 0.567. The molecule has 0 radical (unpaired) electrons. The summed E-state index contributed by atoms with van der Waals surface area (Å²) >= 11 is 1.34. The zero-order valence-electron chi connectivity index (χ0n) is 15.9. The van der Waals surface area contributed by atoms with Crippen molar-refractivity contribution in [3.8, 4) is 11.5 Å². The third-order valence-electron chi connectivity index (χ3n) is 4.24. The van der Waals surface area contributed by atoms with Gasteiger partial charge in [-0.05, 0) is 61.0 Å². The molecule has 2 aromatic rings. The normalized spacial score (nSPS) is 16.8. The van der Waals surface area contributed by atoms with Crippen molar-refractivity contribution in [1.29, 1.82) is 0 Å². The van der Waals surface area contributed by atoms with Crippen LogP contribution < -0.4 is 4.74 Å². The van der Waals surface area contributed by atoms with E-state index < -0.39 is 0 Å². The van der Waals surface area contributed by atoms with Gasteiger partial charge in [0.05, 0.1) is 17.7 Å². The van der Waals surface area contributed by atoms with Crippen molar-refractivity contribution >= 4 is 34.6 Å². The average Bonchev–Trinajstić information content (AvgIpc) is 2.99. The van der Waals surface area contributed by atoms with Gasteiger partial charge in [-0.3, -0.25) is 9.69 Å². The van der Waals surface area contributed by atoms with Crippen LogP contribution in [0.3, 0.4) is 0 Å². The van der Waals surface area contributed by atoms with Crippen LogP contribution in [0.15, 0.2) is 65.0 Å². The lowest BCUT2D eigenvalue weighted by Crippen LogP contribution is -2.28. The van der Waals surface area contributed by atoms with Crippen LogP contribution in [0.4, 0.5) is 5.69 Å². The molecule has 1 aliphatic heterocycles. The molecule has 0 atom stereocenters. The number of phenols is 1. The molecule has 0 bridgehead atoms. The molecule has 1 fully saturated rings. The van der Waals surface area contributed by atoms with Crippen LogP contribution in [0.25, 0.3) is 6.08 Å². The van der Waals surface area contributed by atoms with Crippen LogP contribution in [-0.4, -0.2) is 34.7 Å². The smallest absolute Gasteiger partial charge is 0.266 e. The zero-order chi connectivity index (χ0) is 20.1. The maximum Gasteiger partial charge on any atom is 0.266 e. The number of carbonyl (C=O) groups excluding carboxylic acids is 1. The first kappa shape index (κ1) is 19.8. The summed E-state index contributed by atoms with van der Waals surface area (Å²) in [5.74, 6) is 0.378. The van der Waals surface area contributed by atoms with E-state index in [1.54, 1.807) is 23.1 Å². The molecule has 5 nitrogen and oxygen atoms in total. The third-order valence-corrected chi connectivity index (χ3v) is 5.25. The van der Waals surface area contributed by atoms with Crippen LogP contribution in [0.2, 0.25) is 0 Å². The van der Waals surface area contributed by atoms with Gasteiger partial charge in [-0.15, -0.1) is 6.58 Å². The molecule has 144 valence electrons. The molecule has 3 rings (SSSR count). The van der Waals surface area contributed by atoms with Crippen molar-refractivity contribution in [3.05, 3.63) is 71.2 Å². The van der Waals surface area contributed by atoms with Crippen LogP contribution in [-0.2, 0) is 11.2 Å². The Labute approximate surface area is 169 Å². The number of allylic oxidation sites excluding steroid dienone is 1. The highest BCUT2D eigenvalue weighted by molar-refractivity contribution is 8.18. The number of aromatic hydroxyl groups is 1. The van der Waals surface area contributed by atoms with Gasteiger partial charge in [0.15, 0.2) is 16.7 Å². The highest BCUT2D eigenvalue weighted by Crippen LogP contribution is 2.37. The minimum Gasteiger partial charge on any atom is -0.504 e. The second-order valence-electron chi connectivity index (χ2n) is 6.11. The van der Waals surface area contributed by atoms with Gasteiger partial charge < -0.3 is 9.84 Å². The van der Waals surface area contributed by atoms with Gasteiger partial charge in [0.1, 0.15) is 0 Å². The van der Waals surface area contributed by atoms with E-state index in [0.29, 0.717) is 34.4 Å². The Morgan fingerprint density at radius 2 is 2.04 bits per heavy atom. The number of benzene rings is 2. The summed E-state index contributed by atoms with van der Waals surface area (Å²) < 4.78 is 5.27. The fourth-order valence-corrected chi connectivity index (χ4v) is 3.94. The fourth-order valence-electron chi connectivity index (χ4n) is 2.87. The number of rotatable bonds is 6. The second-order valence-corrected chi connectivity index (χ2v) is 7.12. The summed E-state index contributed by atoms with van der Waals surface area (Å²) in [6, 6.07) is 13.1. The predicted octanol–water partition coefficient (Wildman–Crippen LogP) is 4.75. The Hall–Kier alpha value is -2.99. The fraction of sp³-hybridized carbons (Fsp3) is 0.182. The van der Waals surface area contributed by atoms with E-state index in [4.69, 9.17) is 4.74 Å². The number of amides is 1. The number of amidine groups is 1. The second kappa shape index (κ2) is 8.80. The Balaban J connectivity index is 1.98. The minimum absolute atomic E-state index is 0.0838. The van der Waals surface area contributed by atoms with Gasteiger partial charge in [-0.1, -0.05) is 24.3 Å². The minimum atomic E-state index is -0.0838. The number of phenolic OH excluding ortho intramolecular Hbond substituents is 1. The van der Waals surface area contributed by atoms with Gasteiger partial charge in [0, 0.05) is 12.1 Å². The molecule has 0 saturated carbocycles. The number of methoxy groups -OCH3 is 1. The van der Waals surface area contributed by atoms with Crippen molar-refractivity contribution in [2.45, 2.75) is 13.3 Å². The standard InChI is InChI=1S/C22H22N2O3S/c1-4-9-16-12-15(13-18(27-3)20(16)25)14-19-21(26)24(5-2)22(28-19)23-17-10-7-6-8-11-17/h4,6-8,10-14,25H,1,5,9H2,2-3H3/b19-14-,23-22?. The molecule has 0 aliphatic carbocycles. The number of hydrogen-bond acceptors (Lipinski definition) is 5. The summed E-state index contributed by atoms with van der Waals surface area (Å²) in [5.41, 5.74) is 2.28. The van der Waals surface area contributed by atoms with Gasteiger partial charge in [0.2, 0.25) is 0 Å².